The van der Waals surface area contributed by atoms with Gasteiger partial charge in [0, 0.05) is 18.7 Å². The van der Waals surface area contributed by atoms with Gasteiger partial charge in [0.05, 0.1) is 11.6 Å². The first-order chi connectivity index (χ1) is 12.9. The third-order valence-corrected chi connectivity index (χ3v) is 6.27. The Hall–Kier alpha value is -2.24. The molecule has 1 aliphatic heterocycles. The van der Waals surface area contributed by atoms with E-state index in [-0.39, 0.29) is 23.4 Å². The van der Waals surface area contributed by atoms with Gasteiger partial charge in [-0.15, -0.1) is 0 Å². The fourth-order valence-corrected chi connectivity index (χ4v) is 4.73. The number of hydrogen-bond acceptors (Lipinski definition) is 4. The monoisotopic (exact) mass is 369 g/mol. The van der Waals surface area contributed by atoms with E-state index in [2.05, 4.69) is 4.90 Å². The van der Waals surface area contributed by atoms with E-state index in [1.165, 1.54) is 24.3 Å². The predicted molar refractivity (Wildman–Crippen MR) is 100.0 cm³/mol. The standard InChI is InChI=1S/C22H24FNO3/c1-14(21(26)15-2-8-20(25)9-3-15)24-12-16-10-22(27,11-17(16)13-24)18-4-6-19(23)7-5-18/h2-9,14,16-17,25,27H,10-13H2,1H3/t14?,16-,17+,22-. The van der Waals surface area contributed by atoms with Crippen LogP contribution in [0.25, 0.3) is 0 Å². The number of benzene rings is 2. The summed E-state index contributed by atoms with van der Waals surface area (Å²) >= 11 is 0. The Kier molecular flexibility index (Phi) is 4.52. The number of aromatic hydroxyl groups is 1. The predicted octanol–water partition coefficient (Wildman–Crippen LogP) is 3.33. The van der Waals surface area contributed by atoms with E-state index in [1.54, 1.807) is 24.3 Å². The number of phenols is 1. The summed E-state index contributed by atoms with van der Waals surface area (Å²) in [7, 11) is 0. The molecule has 2 aliphatic rings. The molecule has 4 rings (SSSR count). The summed E-state index contributed by atoms with van der Waals surface area (Å²) in [4.78, 5) is 14.9. The smallest absolute Gasteiger partial charge is 0.179 e. The molecule has 2 aromatic rings. The largest absolute Gasteiger partial charge is 0.508 e. The summed E-state index contributed by atoms with van der Waals surface area (Å²) < 4.78 is 13.2. The molecule has 2 N–H and O–H groups in total. The molecule has 1 unspecified atom stereocenters. The Morgan fingerprint density at radius 3 is 2.19 bits per heavy atom. The van der Waals surface area contributed by atoms with E-state index in [0.29, 0.717) is 30.2 Å². The third kappa shape index (κ3) is 3.37. The van der Waals surface area contributed by atoms with Crippen LogP contribution < -0.4 is 0 Å². The maximum absolute atomic E-state index is 13.2. The summed E-state index contributed by atoms with van der Waals surface area (Å²) in [5.74, 6) is 0.553. The lowest BCUT2D eigenvalue weighted by atomic mass is 9.90. The summed E-state index contributed by atoms with van der Waals surface area (Å²) in [6.07, 6.45) is 1.28. The molecule has 2 aromatic carbocycles. The Morgan fingerprint density at radius 2 is 1.63 bits per heavy atom. The SMILES string of the molecule is CC(C(=O)c1ccc(O)cc1)N1C[C@@H]2C[C@@](O)(c3ccc(F)cc3)C[C@@H]2C1. The van der Waals surface area contributed by atoms with Crippen LogP contribution in [0.5, 0.6) is 5.75 Å². The number of nitrogens with zero attached hydrogens (tertiary/aromatic N) is 1. The normalized spacial score (nSPS) is 28.9. The Labute approximate surface area is 158 Å². The maximum atomic E-state index is 13.2. The molecular weight excluding hydrogens is 345 g/mol. The van der Waals surface area contributed by atoms with Crippen molar-refractivity contribution in [2.45, 2.75) is 31.4 Å². The van der Waals surface area contributed by atoms with Crippen molar-refractivity contribution in [2.75, 3.05) is 13.1 Å². The highest BCUT2D eigenvalue weighted by Crippen LogP contribution is 2.49. The van der Waals surface area contributed by atoms with Crippen LogP contribution in [0, 0.1) is 17.7 Å². The van der Waals surface area contributed by atoms with Crippen molar-refractivity contribution in [3.63, 3.8) is 0 Å². The molecule has 1 saturated heterocycles. The minimum atomic E-state index is -0.903. The lowest BCUT2D eigenvalue weighted by molar-refractivity contribution is 0.0297. The molecule has 1 saturated carbocycles. The van der Waals surface area contributed by atoms with E-state index in [0.717, 1.165) is 18.7 Å². The zero-order chi connectivity index (χ0) is 19.2. The molecule has 0 aromatic heterocycles. The molecule has 27 heavy (non-hydrogen) atoms. The number of Topliss-reactive ketones (excluding diaryl/α,β-unsaturated/α-hetero) is 1. The molecule has 0 spiro atoms. The van der Waals surface area contributed by atoms with Gasteiger partial charge in [0.25, 0.3) is 0 Å². The zero-order valence-electron chi connectivity index (χ0n) is 15.3. The van der Waals surface area contributed by atoms with Gasteiger partial charge in [-0.25, -0.2) is 4.39 Å². The molecular formula is C22H24FNO3. The number of ketones is 1. The van der Waals surface area contributed by atoms with Crippen molar-refractivity contribution in [2.24, 2.45) is 11.8 Å². The summed E-state index contributed by atoms with van der Waals surface area (Å²) in [6, 6.07) is 12.3. The van der Waals surface area contributed by atoms with E-state index in [4.69, 9.17) is 0 Å². The number of likely N-dealkylation sites (tertiary alicyclic amines) is 1. The molecule has 0 radical (unpaired) electrons. The van der Waals surface area contributed by atoms with Gasteiger partial charge in [0.1, 0.15) is 11.6 Å². The molecule has 142 valence electrons. The Morgan fingerprint density at radius 1 is 1.07 bits per heavy atom. The molecule has 5 heteroatoms. The number of fused-ring (bicyclic) bond motifs is 1. The van der Waals surface area contributed by atoms with Crippen molar-refractivity contribution in [3.05, 3.63) is 65.5 Å². The fraction of sp³-hybridized carbons (Fsp3) is 0.409. The summed E-state index contributed by atoms with van der Waals surface area (Å²) in [5, 5.41) is 20.5. The van der Waals surface area contributed by atoms with Gasteiger partial charge in [0.2, 0.25) is 0 Å². The fourth-order valence-electron chi connectivity index (χ4n) is 4.73. The molecule has 4 nitrogen and oxygen atoms in total. The first-order valence-electron chi connectivity index (χ1n) is 9.41. The van der Waals surface area contributed by atoms with Crippen LogP contribution in [0.1, 0.15) is 35.7 Å². The second-order valence-corrected chi connectivity index (χ2v) is 8.01. The molecule has 4 atom stereocenters. The highest BCUT2D eigenvalue weighted by atomic mass is 19.1. The second-order valence-electron chi connectivity index (χ2n) is 8.01. The number of carbonyl (C=O) groups is 1. The van der Waals surface area contributed by atoms with Crippen LogP contribution in [0.3, 0.4) is 0 Å². The van der Waals surface area contributed by atoms with Crippen LogP contribution in [0.15, 0.2) is 48.5 Å². The van der Waals surface area contributed by atoms with Gasteiger partial charge in [-0.1, -0.05) is 12.1 Å². The Bertz CT molecular complexity index is 820. The number of aliphatic hydroxyl groups is 1. The Balaban J connectivity index is 1.42. The lowest BCUT2D eigenvalue weighted by Crippen LogP contribution is -2.39. The van der Waals surface area contributed by atoms with E-state index in [9.17, 15) is 19.4 Å². The van der Waals surface area contributed by atoms with Gasteiger partial charge in [-0.2, -0.15) is 0 Å². The van der Waals surface area contributed by atoms with Crippen molar-refractivity contribution in [1.82, 2.24) is 4.90 Å². The first kappa shape index (κ1) is 18.1. The van der Waals surface area contributed by atoms with Crippen molar-refractivity contribution >= 4 is 5.78 Å². The summed E-state index contributed by atoms with van der Waals surface area (Å²) in [6.45, 7) is 3.47. The number of phenolic OH excluding ortho intramolecular Hbond substituents is 1. The van der Waals surface area contributed by atoms with Crippen molar-refractivity contribution < 1.29 is 19.4 Å². The molecule has 0 bridgehead atoms. The second kappa shape index (κ2) is 6.73. The van der Waals surface area contributed by atoms with Gasteiger partial charge >= 0.3 is 0 Å². The number of rotatable bonds is 4. The topological polar surface area (TPSA) is 60.8 Å². The van der Waals surface area contributed by atoms with Crippen molar-refractivity contribution in [3.8, 4) is 5.75 Å². The van der Waals surface area contributed by atoms with Gasteiger partial charge in [-0.3, -0.25) is 9.69 Å². The van der Waals surface area contributed by atoms with E-state index < -0.39 is 5.60 Å². The van der Waals surface area contributed by atoms with E-state index >= 15 is 0 Å². The maximum Gasteiger partial charge on any atom is 0.179 e. The van der Waals surface area contributed by atoms with Gasteiger partial charge < -0.3 is 10.2 Å². The number of hydrogen-bond donors (Lipinski definition) is 2. The molecule has 1 heterocycles. The van der Waals surface area contributed by atoms with Crippen molar-refractivity contribution in [1.29, 1.82) is 0 Å². The average molecular weight is 369 g/mol. The van der Waals surface area contributed by atoms with Crippen LogP contribution in [0.2, 0.25) is 0 Å². The highest BCUT2D eigenvalue weighted by Gasteiger charge is 2.50. The third-order valence-electron chi connectivity index (χ3n) is 6.27. The molecule has 1 aliphatic carbocycles. The van der Waals surface area contributed by atoms with Crippen LogP contribution >= 0.6 is 0 Å². The summed E-state index contributed by atoms with van der Waals surface area (Å²) in [5.41, 5.74) is 0.470. The van der Waals surface area contributed by atoms with Gasteiger partial charge in [-0.05, 0) is 73.6 Å². The average Bonchev–Trinajstić information content (AvgIpc) is 3.17. The van der Waals surface area contributed by atoms with Crippen LogP contribution in [-0.4, -0.2) is 40.0 Å². The molecule has 2 fully saturated rings. The number of halogens is 1. The minimum absolute atomic E-state index is 0.0452. The highest BCUT2D eigenvalue weighted by molar-refractivity contribution is 5.99. The minimum Gasteiger partial charge on any atom is -0.508 e. The van der Waals surface area contributed by atoms with Crippen LogP contribution in [0.4, 0.5) is 4.39 Å². The first-order valence-corrected chi connectivity index (χ1v) is 9.41. The van der Waals surface area contributed by atoms with E-state index in [1.807, 2.05) is 6.92 Å². The zero-order valence-corrected chi connectivity index (χ0v) is 15.3. The quantitative estimate of drug-likeness (QED) is 0.812. The van der Waals surface area contributed by atoms with Crippen LogP contribution in [-0.2, 0) is 5.60 Å². The molecule has 0 amide bonds. The number of carbonyl (C=O) groups excluding carboxylic acids is 1. The lowest BCUT2D eigenvalue weighted by Gasteiger charge is -2.28. The van der Waals surface area contributed by atoms with Gasteiger partial charge in [0.15, 0.2) is 5.78 Å².